The molecule has 0 aromatic rings. The molecule has 0 aromatic heterocycles. The first-order chi connectivity index (χ1) is 12.6. The van der Waals surface area contributed by atoms with Crippen LogP contribution in [0.4, 0.5) is 4.39 Å². The minimum atomic E-state index is -1.09. The molecule has 0 bridgehead atoms. The number of carbonyl (C=O) groups excluding carboxylic acids is 2. The third-order valence-corrected chi connectivity index (χ3v) is 6.67. The van der Waals surface area contributed by atoms with Crippen molar-refractivity contribution in [1.29, 1.82) is 5.26 Å². The van der Waals surface area contributed by atoms with Gasteiger partial charge in [0, 0.05) is 31.5 Å². The van der Waals surface area contributed by atoms with Crippen LogP contribution in [-0.4, -0.2) is 66.0 Å². The standard InChI is InChI=1S/C19H27FN4O2/c20-13-6-14(7-21)24(9-13)17(25)8-22-18-15-10-23(11-16(15)18)19(26)12-4-2-1-3-5-12/h12-16,18,22H,1-6,8-11H2/t13-,14-,15?,16?,18?/m0/s1. The molecule has 7 heteroatoms. The molecule has 4 fully saturated rings. The van der Waals surface area contributed by atoms with Crippen LogP contribution in [0.5, 0.6) is 0 Å². The molecule has 2 saturated heterocycles. The number of hydrogen-bond donors (Lipinski definition) is 1. The van der Waals surface area contributed by atoms with E-state index in [0.717, 1.165) is 25.9 Å². The SMILES string of the molecule is N#C[C@@H]1C[C@H](F)CN1C(=O)CNC1C2CN(C(=O)C3CCCCC3)CC21. The summed E-state index contributed by atoms with van der Waals surface area (Å²) >= 11 is 0. The van der Waals surface area contributed by atoms with E-state index in [0.29, 0.717) is 17.7 Å². The molecule has 2 aliphatic carbocycles. The topological polar surface area (TPSA) is 76.4 Å². The molecular formula is C19H27FN4O2. The van der Waals surface area contributed by atoms with Gasteiger partial charge in [0.2, 0.25) is 11.8 Å². The van der Waals surface area contributed by atoms with Gasteiger partial charge < -0.3 is 15.1 Å². The zero-order valence-electron chi connectivity index (χ0n) is 15.1. The Bertz CT molecular complexity index is 603. The molecule has 6 nitrogen and oxygen atoms in total. The molecule has 0 aromatic carbocycles. The molecular weight excluding hydrogens is 335 g/mol. The van der Waals surface area contributed by atoms with Gasteiger partial charge in [-0.25, -0.2) is 4.39 Å². The highest BCUT2D eigenvalue weighted by Crippen LogP contribution is 2.46. The second-order valence-electron chi connectivity index (χ2n) is 8.34. The van der Waals surface area contributed by atoms with Gasteiger partial charge in [0.05, 0.1) is 19.2 Å². The molecule has 2 aliphatic heterocycles. The number of nitrogens with zero attached hydrogens (tertiary/aromatic N) is 3. The van der Waals surface area contributed by atoms with Crippen molar-refractivity contribution in [3.05, 3.63) is 0 Å². The molecule has 0 radical (unpaired) electrons. The van der Waals surface area contributed by atoms with Crippen molar-refractivity contribution in [1.82, 2.24) is 15.1 Å². The average Bonchev–Trinajstić information content (AvgIpc) is 3.00. The lowest BCUT2D eigenvalue weighted by Gasteiger charge is -2.28. The summed E-state index contributed by atoms with van der Waals surface area (Å²) in [5, 5.41) is 12.3. The van der Waals surface area contributed by atoms with Crippen LogP contribution < -0.4 is 5.32 Å². The maximum absolute atomic E-state index is 13.4. The van der Waals surface area contributed by atoms with Crippen molar-refractivity contribution in [2.45, 2.75) is 56.8 Å². The number of hydrogen-bond acceptors (Lipinski definition) is 4. The predicted octanol–water partition coefficient (Wildman–Crippen LogP) is 1.08. The lowest BCUT2D eigenvalue weighted by Crippen LogP contribution is -2.44. The maximum Gasteiger partial charge on any atom is 0.237 e. The summed E-state index contributed by atoms with van der Waals surface area (Å²) in [6.07, 6.45) is 4.69. The highest BCUT2D eigenvalue weighted by molar-refractivity contribution is 5.80. The molecule has 2 amide bonds. The Kier molecular flexibility index (Phi) is 4.87. The number of piperidine rings is 1. The van der Waals surface area contributed by atoms with Crippen LogP contribution in [0.2, 0.25) is 0 Å². The number of rotatable bonds is 4. The number of nitrogens with one attached hydrogen (secondary N) is 1. The number of amides is 2. The van der Waals surface area contributed by atoms with E-state index in [2.05, 4.69) is 5.32 Å². The smallest absolute Gasteiger partial charge is 0.237 e. The summed E-state index contributed by atoms with van der Waals surface area (Å²) in [6, 6.07) is 1.65. The summed E-state index contributed by atoms with van der Waals surface area (Å²) in [7, 11) is 0. The number of likely N-dealkylation sites (tertiary alicyclic amines) is 2. The average molecular weight is 362 g/mol. The third kappa shape index (κ3) is 3.32. The highest BCUT2D eigenvalue weighted by atomic mass is 19.1. The molecule has 0 spiro atoms. The first kappa shape index (κ1) is 17.7. The molecule has 2 heterocycles. The molecule has 4 rings (SSSR count). The van der Waals surface area contributed by atoms with E-state index in [9.17, 15) is 14.0 Å². The Balaban J connectivity index is 1.21. The van der Waals surface area contributed by atoms with Gasteiger partial charge in [0.1, 0.15) is 12.2 Å². The molecule has 26 heavy (non-hydrogen) atoms. The minimum absolute atomic E-state index is 0.0277. The van der Waals surface area contributed by atoms with Gasteiger partial charge in [-0.2, -0.15) is 5.26 Å². The summed E-state index contributed by atoms with van der Waals surface area (Å²) in [5.74, 6) is 1.23. The van der Waals surface area contributed by atoms with Crippen LogP contribution in [-0.2, 0) is 9.59 Å². The summed E-state index contributed by atoms with van der Waals surface area (Å²) in [4.78, 5) is 28.2. The van der Waals surface area contributed by atoms with Crippen LogP contribution >= 0.6 is 0 Å². The van der Waals surface area contributed by atoms with Gasteiger partial charge in [0.15, 0.2) is 0 Å². The predicted molar refractivity (Wildman–Crippen MR) is 92.6 cm³/mol. The first-order valence-electron chi connectivity index (χ1n) is 9.94. The van der Waals surface area contributed by atoms with Crippen molar-refractivity contribution in [3.63, 3.8) is 0 Å². The first-order valence-corrected chi connectivity index (χ1v) is 9.94. The Morgan fingerprint density at radius 1 is 1.12 bits per heavy atom. The van der Waals surface area contributed by atoms with Gasteiger partial charge in [-0.05, 0) is 24.7 Å². The second kappa shape index (κ2) is 7.15. The Labute approximate surface area is 153 Å². The van der Waals surface area contributed by atoms with E-state index in [1.54, 1.807) is 0 Å². The fraction of sp³-hybridized carbons (Fsp3) is 0.842. The van der Waals surface area contributed by atoms with Gasteiger partial charge in [0.25, 0.3) is 0 Å². The summed E-state index contributed by atoms with van der Waals surface area (Å²) < 4.78 is 13.4. The van der Waals surface area contributed by atoms with E-state index in [4.69, 9.17) is 5.26 Å². The van der Waals surface area contributed by atoms with E-state index in [-0.39, 0.29) is 37.4 Å². The summed E-state index contributed by atoms with van der Waals surface area (Å²) in [6.45, 7) is 1.77. The fourth-order valence-electron chi connectivity index (χ4n) is 5.11. The Morgan fingerprint density at radius 2 is 1.81 bits per heavy atom. The number of alkyl halides is 1. The van der Waals surface area contributed by atoms with Crippen molar-refractivity contribution >= 4 is 11.8 Å². The van der Waals surface area contributed by atoms with Crippen molar-refractivity contribution in [2.24, 2.45) is 17.8 Å². The Hall–Kier alpha value is -1.68. The monoisotopic (exact) mass is 362 g/mol. The number of halogens is 1. The fourth-order valence-corrected chi connectivity index (χ4v) is 5.11. The zero-order chi connectivity index (χ0) is 18.3. The van der Waals surface area contributed by atoms with Crippen molar-refractivity contribution < 1.29 is 14.0 Å². The second-order valence-corrected chi connectivity index (χ2v) is 8.34. The zero-order valence-corrected chi connectivity index (χ0v) is 15.1. The van der Waals surface area contributed by atoms with Crippen molar-refractivity contribution in [3.8, 4) is 6.07 Å². The lowest BCUT2D eigenvalue weighted by atomic mass is 9.88. The van der Waals surface area contributed by atoms with Gasteiger partial charge in [-0.1, -0.05) is 19.3 Å². The molecule has 4 atom stereocenters. The maximum atomic E-state index is 13.4. The number of carbonyl (C=O) groups is 2. The molecule has 2 unspecified atom stereocenters. The van der Waals surface area contributed by atoms with E-state index >= 15 is 0 Å². The minimum Gasteiger partial charge on any atom is -0.342 e. The number of fused-ring (bicyclic) bond motifs is 1. The van der Waals surface area contributed by atoms with Crippen LogP contribution in [0, 0.1) is 29.1 Å². The van der Waals surface area contributed by atoms with Gasteiger partial charge >= 0.3 is 0 Å². The van der Waals surface area contributed by atoms with Crippen LogP contribution in [0.15, 0.2) is 0 Å². The molecule has 142 valence electrons. The highest BCUT2D eigenvalue weighted by Gasteiger charge is 2.57. The largest absolute Gasteiger partial charge is 0.342 e. The lowest BCUT2D eigenvalue weighted by molar-refractivity contribution is -0.136. The van der Waals surface area contributed by atoms with Crippen molar-refractivity contribution in [2.75, 3.05) is 26.2 Å². The quantitative estimate of drug-likeness (QED) is 0.812. The van der Waals surface area contributed by atoms with Gasteiger partial charge in [-0.3, -0.25) is 9.59 Å². The van der Waals surface area contributed by atoms with Crippen LogP contribution in [0.1, 0.15) is 38.5 Å². The third-order valence-electron chi connectivity index (χ3n) is 6.67. The van der Waals surface area contributed by atoms with E-state index in [1.165, 1.54) is 24.2 Å². The normalized spacial score (nSPS) is 36.7. The van der Waals surface area contributed by atoms with Crippen LogP contribution in [0.3, 0.4) is 0 Å². The molecule has 1 N–H and O–H groups in total. The Morgan fingerprint density at radius 3 is 2.46 bits per heavy atom. The number of nitriles is 1. The van der Waals surface area contributed by atoms with Crippen LogP contribution in [0.25, 0.3) is 0 Å². The summed E-state index contributed by atoms with van der Waals surface area (Å²) in [5.41, 5.74) is 0. The molecule has 2 saturated carbocycles. The van der Waals surface area contributed by atoms with E-state index in [1.807, 2.05) is 11.0 Å². The van der Waals surface area contributed by atoms with Gasteiger partial charge in [-0.15, -0.1) is 0 Å². The molecule has 4 aliphatic rings. The van der Waals surface area contributed by atoms with E-state index < -0.39 is 12.2 Å².